The number of fused-ring (bicyclic) bond motifs is 3. The fourth-order valence-corrected chi connectivity index (χ4v) is 2.56. The van der Waals surface area contributed by atoms with Crippen molar-refractivity contribution < 1.29 is 0 Å². The number of hydrogen-bond donors (Lipinski definition) is 0. The van der Waals surface area contributed by atoms with Gasteiger partial charge in [0.1, 0.15) is 0 Å². The Labute approximate surface area is 61.8 Å². The van der Waals surface area contributed by atoms with Crippen LogP contribution in [0.2, 0.25) is 0 Å². The lowest BCUT2D eigenvalue weighted by Crippen LogP contribution is -2.39. The maximum absolute atomic E-state index is 2.66. The summed E-state index contributed by atoms with van der Waals surface area (Å²) in [4.78, 5) is 5.32. The number of piperidine rings is 1. The third kappa shape index (κ3) is 0.611. The van der Waals surface area contributed by atoms with Crippen LogP contribution in [-0.4, -0.2) is 41.6 Å². The van der Waals surface area contributed by atoms with Gasteiger partial charge in [0, 0.05) is 19.1 Å². The molecule has 3 heterocycles. The predicted molar refractivity (Wildman–Crippen MR) is 39.7 cm³/mol. The smallest absolute Gasteiger partial charge is 0.0626 e. The molecule has 0 amide bonds. The molecule has 0 saturated carbocycles. The number of nitrogens with zero attached hydrogens (tertiary/aromatic N) is 2. The maximum Gasteiger partial charge on any atom is 0.0626 e. The molecule has 1 unspecified atom stereocenters. The molecule has 0 radical (unpaired) electrons. The fourth-order valence-electron chi connectivity index (χ4n) is 2.56. The van der Waals surface area contributed by atoms with Gasteiger partial charge in [0.25, 0.3) is 0 Å². The van der Waals surface area contributed by atoms with E-state index in [2.05, 4.69) is 9.80 Å². The molecule has 3 aliphatic rings. The van der Waals surface area contributed by atoms with Crippen molar-refractivity contribution in [1.82, 2.24) is 9.80 Å². The molecule has 0 bridgehead atoms. The highest BCUT2D eigenvalue weighted by Crippen LogP contribution is 2.36. The Balaban J connectivity index is 1.80. The first-order valence-electron chi connectivity index (χ1n) is 4.45. The van der Waals surface area contributed by atoms with E-state index in [-0.39, 0.29) is 0 Å². The molecule has 3 saturated heterocycles. The van der Waals surface area contributed by atoms with Gasteiger partial charge in [-0.1, -0.05) is 0 Å². The molecule has 0 aromatic rings. The van der Waals surface area contributed by atoms with E-state index >= 15 is 0 Å². The largest absolute Gasteiger partial charge is 0.286 e. The standard InChI is InChI=1S/C8H14N2/c1-2-4-9-5-7-6-10(7)8(9)3-1/h7-8H,1-6H2/t7-,8+,10?/m0/s1. The van der Waals surface area contributed by atoms with Crippen molar-refractivity contribution in [3.63, 3.8) is 0 Å². The third-order valence-electron chi connectivity index (χ3n) is 3.16. The molecule has 0 aromatic heterocycles. The highest BCUT2D eigenvalue weighted by molar-refractivity contribution is 5.03. The first kappa shape index (κ1) is 5.56. The van der Waals surface area contributed by atoms with E-state index in [1.165, 1.54) is 38.9 Å². The summed E-state index contributed by atoms with van der Waals surface area (Å²) in [5, 5.41) is 0. The quantitative estimate of drug-likeness (QED) is 0.450. The van der Waals surface area contributed by atoms with Gasteiger partial charge >= 0.3 is 0 Å². The van der Waals surface area contributed by atoms with E-state index in [1.807, 2.05) is 0 Å². The van der Waals surface area contributed by atoms with Gasteiger partial charge in [0.2, 0.25) is 0 Å². The normalized spacial score (nSPS) is 52.2. The van der Waals surface area contributed by atoms with Crippen molar-refractivity contribution in [2.45, 2.75) is 31.5 Å². The monoisotopic (exact) mass is 138 g/mol. The molecular weight excluding hydrogens is 124 g/mol. The Morgan fingerprint density at radius 2 is 2.10 bits per heavy atom. The Bertz CT molecular complexity index is 157. The Morgan fingerprint density at radius 3 is 3.00 bits per heavy atom. The second-order valence-electron chi connectivity index (χ2n) is 3.82. The zero-order chi connectivity index (χ0) is 6.55. The Kier molecular flexibility index (Phi) is 0.968. The zero-order valence-electron chi connectivity index (χ0n) is 6.29. The molecule has 3 rings (SSSR count). The average Bonchev–Trinajstić information content (AvgIpc) is 2.64. The van der Waals surface area contributed by atoms with Crippen LogP contribution in [0.25, 0.3) is 0 Å². The van der Waals surface area contributed by atoms with Crippen molar-refractivity contribution in [2.24, 2.45) is 0 Å². The minimum atomic E-state index is 0.874. The van der Waals surface area contributed by atoms with Crippen LogP contribution in [0.4, 0.5) is 0 Å². The molecule has 0 spiro atoms. The summed E-state index contributed by atoms with van der Waals surface area (Å²) in [7, 11) is 0. The molecule has 0 N–H and O–H groups in total. The molecule has 3 fully saturated rings. The first-order chi connectivity index (χ1) is 4.95. The molecule has 0 aromatic carbocycles. The van der Waals surface area contributed by atoms with Gasteiger partial charge in [0.05, 0.1) is 6.17 Å². The van der Waals surface area contributed by atoms with Gasteiger partial charge in [-0.3, -0.25) is 9.80 Å². The van der Waals surface area contributed by atoms with E-state index in [0.717, 1.165) is 12.2 Å². The van der Waals surface area contributed by atoms with E-state index in [4.69, 9.17) is 0 Å². The van der Waals surface area contributed by atoms with E-state index in [9.17, 15) is 0 Å². The van der Waals surface area contributed by atoms with Crippen LogP contribution in [0.5, 0.6) is 0 Å². The van der Waals surface area contributed by atoms with Crippen LogP contribution in [0.1, 0.15) is 19.3 Å². The van der Waals surface area contributed by atoms with Gasteiger partial charge in [-0.25, -0.2) is 0 Å². The zero-order valence-corrected chi connectivity index (χ0v) is 6.29. The van der Waals surface area contributed by atoms with Gasteiger partial charge in [-0.15, -0.1) is 0 Å². The van der Waals surface area contributed by atoms with E-state index in [1.54, 1.807) is 0 Å². The second-order valence-corrected chi connectivity index (χ2v) is 3.82. The molecule has 0 aliphatic carbocycles. The summed E-state index contributed by atoms with van der Waals surface area (Å²) in [5.41, 5.74) is 0. The third-order valence-corrected chi connectivity index (χ3v) is 3.16. The summed E-state index contributed by atoms with van der Waals surface area (Å²) >= 11 is 0. The van der Waals surface area contributed by atoms with Crippen LogP contribution >= 0.6 is 0 Å². The van der Waals surface area contributed by atoms with Gasteiger partial charge in [0.15, 0.2) is 0 Å². The van der Waals surface area contributed by atoms with Crippen LogP contribution in [-0.2, 0) is 0 Å². The molecule has 10 heavy (non-hydrogen) atoms. The van der Waals surface area contributed by atoms with Gasteiger partial charge in [-0.05, 0) is 25.8 Å². The van der Waals surface area contributed by atoms with Crippen LogP contribution < -0.4 is 0 Å². The maximum atomic E-state index is 2.66. The average molecular weight is 138 g/mol. The van der Waals surface area contributed by atoms with Crippen molar-refractivity contribution in [3.05, 3.63) is 0 Å². The van der Waals surface area contributed by atoms with Crippen molar-refractivity contribution in [2.75, 3.05) is 19.6 Å². The summed E-state index contributed by atoms with van der Waals surface area (Å²) in [6.45, 7) is 4.16. The van der Waals surface area contributed by atoms with Crippen LogP contribution in [0.15, 0.2) is 0 Å². The van der Waals surface area contributed by atoms with Crippen molar-refractivity contribution in [1.29, 1.82) is 0 Å². The lowest BCUT2D eigenvalue weighted by molar-refractivity contribution is 0.129. The van der Waals surface area contributed by atoms with E-state index < -0.39 is 0 Å². The summed E-state index contributed by atoms with van der Waals surface area (Å²) in [6.07, 6.45) is 5.22. The minimum absolute atomic E-state index is 0.874. The lowest BCUT2D eigenvalue weighted by atomic mass is 10.1. The predicted octanol–water partition coefficient (Wildman–Crippen LogP) is 0.496. The van der Waals surface area contributed by atoms with Crippen LogP contribution in [0, 0.1) is 0 Å². The molecule has 56 valence electrons. The highest BCUT2D eigenvalue weighted by Gasteiger charge is 2.49. The summed E-state index contributed by atoms with van der Waals surface area (Å²) in [5.74, 6) is 0. The Morgan fingerprint density at radius 1 is 1.10 bits per heavy atom. The van der Waals surface area contributed by atoms with Gasteiger partial charge < -0.3 is 0 Å². The fraction of sp³-hybridized carbons (Fsp3) is 1.00. The molecule has 3 atom stereocenters. The minimum Gasteiger partial charge on any atom is -0.286 e. The summed E-state index contributed by atoms with van der Waals surface area (Å²) < 4.78 is 0. The highest BCUT2D eigenvalue weighted by atomic mass is 15.5. The molecule has 2 heteroatoms. The number of hydrogen-bond acceptors (Lipinski definition) is 2. The summed E-state index contributed by atoms with van der Waals surface area (Å²) in [6, 6.07) is 0.975. The lowest BCUT2D eigenvalue weighted by Gasteiger charge is -2.31. The Hall–Kier alpha value is -0.0800. The second kappa shape index (κ2) is 1.74. The van der Waals surface area contributed by atoms with Gasteiger partial charge in [-0.2, -0.15) is 0 Å². The first-order valence-corrected chi connectivity index (χ1v) is 4.45. The molecule has 3 aliphatic heterocycles. The van der Waals surface area contributed by atoms with Crippen molar-refractivity contribution in [3.8, 4) is 0 Å². The van der Waals surface area contributed by atoms with Crippen LogP contribution in [0.3, 0.4) is 0 Å². The SMILES string of the molecule is C1CCN2C[C@H]3CN3[C@@H]2C1. The number of rotatable bonds is 0. The molecular formula is C8H14N2. The van der Waals surface area contributed by atoms with Crippen molar-refractivity contribution >= 4 is 0 Å². The van der Waals surface area contributed by atoms with E-state index in [0.29, 0.717) is 0 Å². The molecule has 2 nitrogen and oxygen atoms in total. The topological polar surface area (TPSA) is 6.25 Å².